The predicted molar refractivity (Wildman–Crippen MR) is 74.6 cm³/mol. The number of hydrogen-bond acceptors (Lipinski definition) is 2. The SMILES string of the molecule is Cc1cc(C)c(-c2nc(C)n(C)c2C(=O)O)c(C)c1. The van der Waals surface area contributed by atoms with E-state index in [1.165, 1.54) is 5.56 Å². The van der Waals surface area contributed by atoms with E-state index in [1.54, 1.807) is 11.6 Å². The smallest absolute Gasteiger partial charge is 0.354 e. The Morgan fingerprint density at radius 1 is 1.16 bits per heavy atom. The molecule has 1 aromatic heterocycles. The molecule has 0 fully saturated rings. The molecule has 19 heavy (non-hydrogen) atoms. The van der Waals surface area contributed by atoms with Crippen LogP contribution in [0.3, 0.4) is 0 Å². The maximum Gasteiger partial charge on any atom is 0.354 e. The number of hydrogen-bond donors (Lipinski definition) is 1. The second-order valence-corrected chi connectivity index (χ2v) is 4.99. The number of benzene rings is 1. The summed E-state index contributed by atoms with van der Waals surface area (Å²) < 4.78 is 1.62. The van der Waals surface area contributed by atoms with Gasteiger partial charge in [-0.2, -0.15) is 0 Å². The first-order valence-corrected chi connectivity index (χ1v) is 6.17. The van der Waals surface area contributed by atoms with Gasteiger partial charge in [0.2, 0.25) is 0 Å². The van der Waals surface area contributed by atoms with E-state index in [9.17, 15) is 9.90 Å². The molecule has 0 atom stereocenters. The molecular weight excluding hydrogens is 240 g/mol. The Kier molecular flexibility index (Phi) is 3.18. The van der Waals surface area contributed by atoms with Crippen molar-refractivity contribution in [3.63, 3.8) is 0 Å². The van der Waals surface area contributed by atoms with Gasteiger partial charge in [-0.1, -0.05) is 17.7 Å². The lowest BCUT2D eigenvalue weighted by molar-refractivity contribution is 0.0687. The summed E-state index contributed by atoms with van der Waals surface area (Å²) in [4.78, 5) is 15.9. The maximum absolute atomic E-state index is 11.5. The van der Waals surface area contributed by atoms with Crippen LogP contribution in [-0.2, 0) is 7.05 Å². The zero-order valence-electron chi connectivity index (χ0n) is 11.9. The number of carboxylic acid groups (broad SMARTS) is 1. The summed E-state index contributed by atoms with van der Waals surface area (Å²) in [5.41, 5.74) is 5.00. The minimum absolute atomic E-state index is 0.243. The maximum atomic E-state index is 11.5. The zero-order valence-corrected chi connectivity index (χ0v) is 11.9. The highest BCUT2D eigenvalue weighted by atomic mass is 16.4. The first kappa shape index (κ1) is 13.3. The van der Waals surface area contributed by atoms with Gasteiger partial charge in [0.05, 0.1) is 0 Å². The summed E-state index contributed by atoms with van der Waals surface area (Å²) in [5.74, 6) is -0.246. The Morgan fingerprint density at radius 3 is 2.16 bits per heavy atom. The number of nitrogens with zero attached hydrogens (tertiary/aromatic N) is 2. The van der Waals surface area contributed by atoms with E-state index in [-0.39, 0.29) is 5.69 Å². The molecule has 0 spiro atoms. The van der Waals surface area contributed by atoms with Crippen molar-refractivity contribution in [3.8, 4) is 11.3 Å². The van der Waals surface area contributed by atoms with Crippen molar-refractivity contribution >= 4 is 5.97 Å². The third kappa shape index (κ3) is 2.14. The topological polar surface area (TPSA) is 55.1 Å². The van der Waals surface area contributed by atoms with Crippen LogP contribution in [0.2, 0.25) is 0 Å². The quantitative estimate of drug-likeness (QED) is 0.900. The van der Waals surface area contributed by atoms with E-state index in [0.29, 0.717) is 11.5 Å². The Hall–Kier alpha value is -2.10. The molecule has 0 radical (unpaired) electrons. The predicted octanol–water partition coefficient (Wildman–Crippen LogP) is 3.02. The highest BCUT2D eigenvalue weighted by Gasteiger charge is 2.22. The Bertz CT molecular complexity index is 646. The number of imidazole rings is 1. The number of carboxylic acids is 1. The molecule has 2 rings (SSSR count). The molecule has 0 unspecified atom stereocenters. The van der Waals surface area contributed by atoms with Crippen LogP contribution in [0.4, 0.5) is 0 Å². The highest BCUT2D eigenvalue weighted by Crippen LogP contribution is 2.30. The zero-order chi connectivity index (χ0) is 14.3. The van der Waals surface area contributed by atoms with Crippen molar-refractivity contribution in [1.29, 1.82) is 0 Å². The molecule has 4 heteroatoms. The van der Waals surface area contributed by atoms with Gasteiger partial charge in [-0.15, -0.1) is 0 Å². The van der Waals surface area contributed by atoms with Crippen molar-refractivity contribution in [2.45, 2.75) is 27.7 Å². The number of aryl methyl sites for hydroxylation is 4. The largest absolute Gasteiger partial charge is 0.477 e. The van der Waals surface area contributed by atoms with Gasteiger partial charge in [0, 0.05) is 12.6 Å². The molecule has 1 N–H and O–H groups in total. The first-order valence-electron chi connectivity index (χ1n) is 6.17. The van der Waals surface area contributed by atoms with Crippen molar-refractivity contribution in [1.82, 2.24) is 9.55 Å². The van der Waals surface area contributed by atoms with Gasteiger partial charge in [0.15, 0.2) is 5.69 Å². The lowest BCUT2D eigenvalue weighted by Gasteiger charge is -2.10. The van der Waals surface area contributed by atoms with Crippen LogP contribution < -0.4 is 0 Å². The summed E-state index contributed by atoms with van der Waals surface area (Å²) in [7, 11) is 1.73. The molecule has 0 aliphatic rings. The summed E-state index contributed by atoms with van der Waals surface area (Å²) in [5, 5.41) is 9.40. The fraction of sp³-hybridized carbons (Fsp3) is 0.333. The highest BCUT2D eigenvalue weighted by molar-refractivity contribution is 5.94. The number of aromatic carboxylic acids is 1. The van der Waals surface area contributed by atoms with Gasteiger partial charge < -0.3 is 9.67 Å². The van der Waals surface area contributed by atoms with E-state index in [1.807, 2.05) is 27.7 Å². The van der Waals surface area contributed by atoms with E-state index in [0.717, 1.165) is 16.7 Å². The van der Waals surface area contributed by atoms with Gasteiger partial charge in [-0.25, -0.2) is 9.78 Å². The second-order valence-electron chi connectivity index (χ2n) is 4.99. The number of aromatic nitrogens is 2. The average molecular weight is 258 g/mol. The first-order chi connectivity index (χ1) is 8.82. The van der Waals surface area contributed by atoms with Crippen LogP contribution in [0.25, 0.3) is 11.3 Å². The normalized spacial score (nSPS) is 10.8. The molecule has 0 aliphatic heterocycles. The van der Waals surface area contributed by atoms with Crippen LogP contribution in [0.15, 0.2) is 12.1 Å². The van der Waals surface area contributed by atoms with E-state index in [2.05, 4.69) is 17.1 Å². The van der Waals surface area contributed by atoms with Gasteiger partial charge in [0.1, 0.15) is 11.5 Å². The fourth-order valence-electron chi connectivity index (χ4n) is 2.58. The number of rotatable bonds is 2. The van der Waals surface area contributed by atoms with Crippen LogP contribution in [0, 0.1) is 27.7 Å². The molecule has 0 saturated carbocycles. The molecular formula is C15H18N2O2. The van der Waals surface area contributed by atoms with E-state index >= 15 is 0 Å². The third-order valence-electron chi connectivity index (χ3n) is 3.44. The van der Waals surface area contributed by atoms with Crippen molar-refractivity contribution in [2.75, 3.05) is 0 Å². The Balaban J connectivity index is 2.80. The summed E-state index contributed by atoms with van der Waals surface area (Å²) in [6.45, 7) is 7.83. The molecule has 2 aromatic rings. The summed E-state index contributed by atoms with van der Waals surface area (Å²) in [6, 6.07) is 4.11. The van der Waals surface area contributed by atoms with Crippen molar-refractivity contribution in [2.24, 2.45) is 7.05 Å². The molecule has 1 aromatic carbocycles. The fourth-order valence-corrected chi connectivity index (χ4v) is 2.58. The van der Waals surface area contributed by atoms with Crippen LogP contribution in [0.5, 0.6) is 0 Å². The summed E-state index contributed by atoms with van der Waals surface area (Å²) >= 11 is 0. The van der Waals surface area contributed by atoms with Crippen LogP contribution >= 0.6 is 0 Å². The van der Waals surface area contributed by atoms with Gasteiger partial charge in [0.25, 0.3) is 0 Å². The molecule has 100 valence electrons. The molecule has 4 nitrogen and oxygen atoms in total. The molecule has 0 bridgehead atoms. The number of carbonyl (C=O) groups is 1. The molecule has 1 heterocycles. The van der Waals surface area contributed by atoms with Gasteiger partial charge >= 0.3 is 5.97 Å². The molecule has 0 saturated heterocycles. The van der Waals surface area contributed by atoms with Crippen molar-refractivity contribution < 1.29 is 9.90 Å². The standard InChI is InChI=1S/C15H18N2O2/c1-8-6-9(2)12(10(3)7-8)13-14(15(18)19)17(5)11(4)16-13/h6-7H,1-5H3,(H,18,19). The van der Waals surface area contributed by atoms with Crippen LogP contribution in [0.1, 0.15) is 33.0 Å². The van der Waals surface area contributed by atoms with Crippen LogP contribution in [-0.4, -0.2) is 20.6 Å². The third-order valence-corrected chi connectivity index (χ3v) is 3.44. The summed E-state index contributed by atoms with van der Waals surface area (Å²) in [6.07, 6.45) is 0. The Labute approximate surface area is 112 Å². The van der Waals surface area contributed by atoms with Gasteiger partial charge in [-0.3, -0.25) is 0 Å². The van der Waals surface area contributed by atoms with E-state index in [4.69, 9.17) is 0 Å². The van der Waals surface area contributed by atoms with Crippen molar-refractivity contribution in [3.05, 3.63) is 40.3 Å². The molecule has 0 amide bonds. The lowest BCUT2D eigenvalue weighted by atomic mass is 9.96. The lowest BCUT2D eigenvalue weighted by Crippen LogP contribution is -2.07. The monoisotopic (exact) mass is 258 g/mol. The Morgan fingerprint density at radius 2 is 1.68 bits per heavy atom. The van der Waals surface area contributed by atoms with E-state index < -0.39 is 5.97 Å². The van der Waals surface area contributed by atoms with Gasteiger partial charge in [-0.05, 0) is 38.8 Å². The minimum atomic E-state index is -0.947. The minimum Gasteiger partial charge on any atom is -0.477 e. The second kappa shape index (κ2) is 4.53. The average Bonchev–Trinajstić information content (AvgIpc) is 2.53. The molecule has 0 aliphatic carbocycles.